The molecule has 0 aliphatic carbocycles. The van der Waals surface area contributed by atoms with Crippen LogP contribution in [0.2, 0.25) is 0 Å². The van der Waals surface area contributed by atoms with Gasteiger partial charge in [0.25, 0.3) is 0 Å². The molecule has 104 valence electrons. The number of fused-ring (bicyclic) bond motifs is 1. The molecule has 0 saturated carbocycles. The number of hydrogen-bond acceptors (Lipinski definition) is 6. The second-order valence-electron chi connectivity index (χ2n) is 4.21. The molecule has 1 aromatic carbocycles. The summed E-state index contributed by atoms with van der Waals surface area (Å²) in [7, 11) is -4.80. The van der Waals surface area contributed by atoms with Crippen molar-refractivity contribution in [3.63, 3.8) is 0 Å². The molecule has 0 aliphatic heterocycles. The summed E-state index contributed by atoms with van der Waals surface area (Å²) in [6, 6.07) is 10.5. The molecule has 0 atom stereocenters. The summed E-state index contributed by atoms with van der Waals surface area (Å²) < 4.78 is 34.1. The van der Waals surface area contributed by atoms with Crippen LogP contribution in [0.4, 0.5) is 0 Å². The molecule has 9 heteroatoms. The summed E-state index contributed by atoms with van der Waals surface area (Å²) in [6.45, 7) is 0. The third-order valence-corrected chi connectivity index (χ3v) is 3.65. The van der Waals surface area contributed by atoms with E-state index in [1.165, 1.54) is 6.20 Å². The van der Waals surface area contributed by atoms with Crippen LogP contribution >= 0.6 is 0 Å². The van der Waals surface area contributed by atoms with Crippen LogP contribution in [0, 0.1) is 11.3 Å². The average Bonchev–Trinajstić information content (AvgIpc) is 2.89. The van der Waals surface area contributed by atoms with Crippen LogP contribution < -0.4 is 29.6 Å². The molecule has 0 saturated heterocycles. The molecule has 3 rings (SSSR count). The van der Waals surface area contributed by atoms with Crippen LogP contribution in [0.5, 0.6) is 0 Å². The molecule has 1 N–H and O–H groups in total. The van der Waals surface area contributed by atoms with Crippen molar-refractivity contribution in [3.8, 4) is 17.5 Å². The van der Waals surface area contributed by atoms with Gasteiger partial charge in [0.1, 0.15) is 27.2 Å². The Morgan fingerprint density at radius 2 is 1.86 bits per heavy atom. The Balaban J connectivity index is 0.00000176. The van der Waals surface area contributed by atoms with Gasteiger partial charge < -0.3 is 9.54 Å². The first kappa shape index (κ1) is 16.6. The van der Waals surface area contributed by atoms with Gasteiger partial charge in [-0.15, -0.1) is 0 Å². The van der Waals surface area contributed by atoms with Crippen molar-refractivity contribution in [1.82, 2.24) is 15.0 Å². The molecule has 0 radical (unpaired) electrons. The number of nitrogens with one attached hydrogen (secondary N) is 1. The number of rotatable bonds is 2. The third-order valence-electron chi connectivity index (χ3n) is 2.88. The van der Waals surface area contributed by atoms with E-state index in [2.05, 4.69) is 15.0 Å². The van der Waals surface area contributed by atoms with Gasteiger partial charge in [0.15, 0.2) is 10.9 Å². The van der Waals surface area contributed by atoms with Gasteiger partial charge in [-0.05, 0) is 0 Å². The molecule has 0 bridgehead atoms. The number of H-pyrrole nitrogens is 1. The van der Waals surface area contributed by atoms with Crippen molar-refractivity contribution >= 4 is 21.2 Å². The molecule has 0 fully saturated rings. The summed E-state index contributed by atoms with van der Waals surface area (Å²) in [5.74, 6) is 0.0774. The number of nitriles is 1. The minimum atomic E-state index is -4.80. The summed E-state index contributed by atoms with van der Waals surface area (Å²) in [5, 5.41) is 8.36. The third kappa shape index (κ3) is 2.90. The van der Waals surface area contributed by atoms with Crippen molar-refractivity contribution in [3.05, 3.63) is 42.1 Å². The maximum absolute atomic E-state index is 11.4. The van der Waals surface area contributed by atoms with E-state index < -0.39 is 15.1 Å². The molecule has 0 unspecified atom stereocenters. The van der Waals surface area contributed by atoms with Gasteiger partial charge in [0.2, 0.25) is 0 Å². The molecule has 0 spiro atoms. The van der Waals surface area contributed by atoms with Gasteiger partial charge >= 0.3 is 29.6 Å². The molecule has 2 heterocycles. The van der Waals surface area contributed by atoms with E-state index in [0.717, 1.165) is 0 Å². The predicted molar refractivity (Wildman–Crippen MR) is 72.0 cm³/mol. The summed E-state index contributed by atoms with van der Waals surface area (Å²) in [6.07, 6.45) is 1.29. The minimum absolute atomic E-state index is 0. The molecular formula is C13H7N4NaO3S. The minimum Gasteiger partial charge on any atom is -0.743 e. The summed E-state index contributed by atoms with van der Waals surface area (Å²) in [4.78, 5) is 10.6. The fourth-order valence-corrected chi connectivity index (χ4v) is 2.56. The van der Waals surface area contributed by atoms with E-state index in [-0.39, 0.29) is 52.0 Å². The second-order valence-corrected chi connectivity index (χ2v) is 5.51. The fraction of sp³-hybridized carbons (Fsp3) is 0. The normalized spacial score (nSPS) is 10.9. The molecule has 22 heavy (non-hydrogen) atoms. The maximum Gasteiger partial charge on any atom is 1.00 e. The molecule has 2 aromatic heterocycles. The number of hydrogen-bond donors (Lipinski definition) is 1. The van der Waals surface area contributed by atoms with Crippen LogP contribution in [0.15, 0.2) is 41.6 Å². The van der Waals surface area contributed by atoms with Gasteiger partial charge in [0, 0.05) is 11.8 Å². The Hall–Kier alpha value is -1.76. The average molecular weight is 322 g/mol. The summed E-state index contributed by atoms with van der Waals surface area (Å²) in [5.41, 5.74) is 0.755. The monoisotopic (exact) mass is 322 g/mol. The molecular weight excluding hydrogens is 315 g/mol. The largest absolute Gasteiger partial charge is 1.00 e. The van der Waals surface area contributed by atoms with Crippen molar-refractivity contribution in [2.24, 2.45) is 0 Å². The fourth-order valence-electron chi connectivity index (χ4n) is 1.96. The van der Waals surface area contributed by atoms with Crippen LogP contribution in [-0.2, 0) is 10.1 Å². The quantitative estimate of drug-likeness (QED) is 0.344. The number of aromatic amines is 1. The van der Waals surface area contributed by atoms with Crippen molar-refractivity contribution in [2.45, 2.75) is 5.03 Å². The van der Waals surface area contributed by atoms with Gasteiger partial charge in [-0.25, -0.2) is 18.4 Å². The zero-order valence-corrected chi connectivity index (χ0v) is 14.3. The van der Waals surface area contributed by atoms with Gasteiger partial charge in [-0.1, -0.05) is 30.3 Å². The van der Waals surface area contributed by atoms with Gasteiger partial charge in [0.05, 0.1) is 5.56 Å². The zero-order valence-electron chi connectivity index (χ0n) is 11.4. The second kappa shape index (κ2) is 6.16. The first-order chi connectivity index (χ1) is 10.0. The predicted octanol–water partition coefficient (Wildman–Crippen LogP) is -1.60. The van der Waals surface area contributed by atoms with E-state index in [1.54, 1.807) is 30.3 Å². The number of nitrogens with zero attached hydrogens (tertiary/aromatic N) is 3. The number of benzene rings is 1. The number of aromatic nitrogens is 3. The van der Waals surface area contributed by atoms with E-state index >= 15 is 0 Å². The smallest absolute Gasteiger partial charge is 0.743 e. The van der Waals surface area contributed by atoms with Gasteiger partial charge in [-0.2, -0.15) is 5.26 Å². The maximum atomic E-state index is 11.4. The standard InChI is InChI=1S/C13H8N4O3S.Na/c14-6-9-7-15-11-10(9)16-12(8-4-2-1-3-5-8)17-13(11)21(18,19)20;/h1-5,7,15H,(H,18,19,20);/q;+1/p-1. The van der Waals surface area contributed by atoms with E-state index in [0.29, 0.717) is 5.56 Å². The Morgan fingerprint density at radius 3 is 2.45 bits per heavy atom. The Labute approximate surface area is 148 Å². The Bertz CT molecular complexity index is 978. The Morgan fingerprint density at radius 1 is 1.18 bits per heavy atom. The van der Waals surface area contributed by atoms with Crippen LogP contribution in [0.3, 0.4) is 0 Å². The first-order valence-electron chi connectivity index (χ1n) is 5.81. The SMILES string of the molecule is N#Cc1c[nH]c2c(S(=O)(=O)[O-])nc(-c3ccccc3)nc12.[Na+]. The van der Waals surface area contributed by atoms with Gasteiger partial charge in [-0.3, -0.25) is 0 Å². The van der Waals surface area contributed by atoms with Crippen molar-refractivity contribution in [1.29, 1.82) is 5.26 Å². The van der Waals surface area contributed by atoms with E-state index in [1.807, 2.05) is 6.07 Å². The summed E-state index contributed by atoms with van der Waals surface area (Å²) >= 11 is 0. The topological polar surface area (TPSA) is 123 Å². The van der Waals surface area contributed by atoms with Crippen molar-refractivity contribution in [2.75, 3.05) is 0 Å². The van der Waals surface area contributed by atoms with Crippen LogP contribution in [0.1, 0.15) is 5.56 Å². The van der Waals surface area contributed by atoms with Crippen molar-refractivity contribution < 1.29 is 42.5 Å². The first-order valence-corrected chi connectivity index (χ1v) is 7.22. The molecule has 7 nitrogen and oxygen atoms in total. The van der Waals surface area contributed by atoms with E-state index in [9.17, 15) is 13.0 Å². The zero-order chi connectivity index (χ0) is 15.0. The van der Waals surface area contributed by atoms with Crippen LogP contribution in [-0.4, -0.2) is 27.9 Å². The van der Waals surface area contributed by atoms with Crippen LogP contribution in [0.25, 0.3) is 22.4 Å². The molecule has 3 aromatic rings. The molecule has 0 aliphatic rings. The molecule has 0 amide bonds. The Kier molecular flexibility index (Phi) is 4.65. The van der Waals surface area contributed by atoms with E-state index in [4.69, 9.17) is 5.26 Å².